The molecule has 1 heterocycles. The Morgan fingerprint density at radius 1 is 0.875 bits per heavy atom. The van der Waals surface area contributed by atoms with E-state index in [1.165, 1.54) is 27.8 Å². The van der Waals surface area contributed by atoms with Gasteiger partial charge in [0.15, 0.2) is 5.78 Å². The van der Waals surface area contributed by atoms with E-state index in [0.29, 0.717) is 12.2 Å². The zero-order valence-electron chi connectivity index (χ0n) is 23.6. The van der Waals surface area contributed by atoms with Gasteiger partial charge < -0.3 is 9.47 Å². The van der Waals surface area contributed by atoms with Crippen LogP contribution in [0.25, 0.3) is 0 Å². The molecule has 4 nitrogen and oxygen atoms in total. The summed E-state index contributed by atoms with van der Waals surface area (Å²) in [6.45, 7) is 9.43. The highest BCUT2D eigenvalue weighted by molar-refractivity contribution is 9.10. The molecule has 0 saturated heterocycles. The van der Waals surface area contributed by atoms with Crippen LogP contribution in [-0.2, 0) is 17.8 Å². The number of hydrogen-bond acceptors (Lipinski definition) is 4. The Morgan fingerprint density at radius 3 is 2.08 bits per heavy atom. The molecule has 0 unspecified atom stereocenters. The van der Waals surface area contributed by atoms with Gasteiger partial charge in [0, 0.05) is 36.0 Å². The van der Waals surface area contributed by atoms with E-state index in [1.807, 2.05) is 32.0 Å². The van der Waals surface area contributed by atoms with Gasteiger partial charge in [0.25, 0.3) is 0 Å². The van der Waals surface area contributed by atoms with Crippen LogP contribution in [0.5, 0.6) is 5.75 Å². The Morgan fingerprint density at radius 2 is 1.48 bits per heavy atom. The highest BCUT2D eigenvalue weighted by Gasteiger charge is 2.29. The summed E-state index contributed by atoms with van der Waals surface area (Å²) >= 11 is 3.54. The van der Waals surface area contributed by atoms with Crippen LogP contribution in [-0.4, -0.2) is 29.6 Å². The Labute approximate surface area is 246 Å². The molecule has 0 spiro atoms. The SMILES string of the molecule is Cc1ccc(C(c2ccc(C)cc2)N(CCc2ccc(Br)cc2)CC(=O)c2ccc3c(c2)COC(C)(C)O3)cc1. The summed E-state index contributed by atoms with van der Waals surface area (Å²) < 4.78 is 12.8. The minimum Gasteiger partial charge on any atom is -0.463 e. The molecule has 206 valence electrons. The third-order valence-electron chi connectivity index (χ3n) is 7.41. The van der Waals surface area contributed by atoms with Crippen molar-refractivity contribution in [3.05, 3.63) is 134 Å². The van der Waals surface area contributed by atoms with E-state index >= 15 is 0 Å². The molecule has 1 aliphatic heterocycles. The van der Waals surface area contributed by atoms with Gasteiger partial charge in [0.05, 0.1) is 19.2 Å². The quantitative estimate of drug-likeness (QED) is 0.182. The van der Waals surface area contributed by atoms with Crippen molar-refractivity contribution < 1.29 is 14.3 Å². The average molecular weight is 599 g/mol. The maximum atomic E-state index is 13.9. The number of Topliss-reactive ketones (excluding diaryl/α,β-unsaturated/α-hetero) is 1. The van der Waals surface area contributed by atoms with Crippen LogP contribution in [0, 0.1) is 13.8 Å². The first-order valence-corrected chi connectivity index (χ1v) is 14.6. The van der Waals surface area contributed by atoms with Crippen molar-refractivity contribution >= 4 is 21.7 Å². The molecule has 5 heteroatoms. The summed E-state index contributed by atoms with van der Waals surface area (Å²) in [5, 5.41) is 0. The third-order valence-corrected chi connectivity index (χ3v) is 7.94. The maximum Gasteiger partial charge on any atom is 0.205 e. The second-order valence-corrected chi connectivity index (χ2v) is 12.0. The number of carbonyl (C=O) groups excluding carboxylic acids is 1. The Bertz CT molecular complexity index is 1420. The van der Waals surface area contributed by atoms with Crippen molar-refractivity contribution in [3.8, 4) is 5.75 Å². The first-order valence-electron chi connectivity index (χ1n) is 13.8. The highest BCUT2D eigenvalue weighted by atomic mass is 79.9. The van der Waals surface area contributed by atoms with E-state index in [0.717, 1.165) is 28.8 Å². The number of fused-ring (bicyclic) bond motifs is 1. The second kappa shape index (κ2) is 12.1. The molecule has 0 aliphatic carbocycles. The molecular weight excluding hydrogens is 562 g/mol. The zero-order chi connectivity index (χ0) is 28.3. The number of benzene rings is 4. The molecule has 4 aromatic rings. The predicted molar refractivity (Wildman–Crippen MR) is 164 cm³/mol. The lowest BCUT2D eigenvalue weighted by Crippen LogP contribution is -2.37. The lowest BCUT2D eigenvalue weighted by Gasteiger charge is -2.33. The lowest BCUT2D eigenvalue weighted by atomic mass is 9.94. The van der Waals surface area contributed by atoms with Gasteiger partial charge in [-0.2, -0.15) is 0 Å². The van der Waals surface area contributed by atoms with Crippen LogP contribution < -0.4 is 4.74 Å². The topological polar surface area (TPSA) is 38.8 Å². The number of rotatable bonds is 9. The van der Waals surface area contributed by atoms with Crippen molar-refractivity contribution in [1.82, 2.24) is 4.90 Å². The molecule has 0 radical (unpaired) electrons. The number of carbonyl (C=O) groups is 1. The molecule has 0 fully saturated rings. The molecule has 0 N–H and O–H groups in total. The van der Waals surface area contributed by atoms with E-state index in [2.05, 4.69) is 107 Å². The van der Waals surface area contributed by atoms with Gasteiger partial charge in [0.2, 0.25) is 5.79 Å². The van der Waals surface area contributed by atoms with Crippen molar-refractivity contribution in [2.75, 3.05) is 13.1 Å². The van der Waals surface area contributed by atoms with Crippen LogP contribution in [0.15, 0.2) is 95.5 Å². The summed E-state index contributed by atoms with van der Waals surface area (Å²) in [5.41, 5.74) is 7.58. The average Bonchev–Trinajstić information content (AvgIpc) is 2.94. The zero-order valence-corrected chi connectivity index (χ0v) is 25.2. The van der Waals surface area contributed by atoms with Crippen LogP contribution >= 0.6 is 15.9 Å². The standard InChI is InChI=1S/C35H36BrNO3/c1-24-5-11-27(12-6-24)34(28-13-7-25(2)8-14-28)37(20-19-26-9-16-31(36)17-10-26)22-32(38)29-15-18-33-30(21-29)23-39-35(3,4)40-33/h5-18,21,34H,19-20,22-23H2,1-4H3. The molecule has 0 atom stereocenters. The number of nitrogens with zero attached hydrogens (tertiary/aromatic N) is 1. The van der Waals surface area contributed by atoms with Gasteiger partial charge in [0.1, 0.15) is 5.75 Å². The fourth-order valence-corrected chi connectivity index (χ4v) is 5.39. The molecule has 0 aromatic heterocycles. The first-order chi connectivity index (χ1) is 19.2. The highest BCUT2D eigenvalue weighted by Crippen LogP contribution is 2.33. The van der Waals surface area contributed by atoms with E-state index in [9.17, 15) is 4.79 Å². The number of halogens is 1. The Balaban J connectivity index is 1.48. The minimum absolute atomic E-state index is 0.0642. The van der Waals surface area contributed by atoms with Crippen molar-refractivity contribution in [2.24, 2.45) is 0 Å². The van der Waals surface area contributed by atoms with Crippen LogP contribution in [0.2, 0.25) is 0 Å². The van der Waals surface area contributed by atoms with Crippen LogP contribution in [0.3, 0.4) is 0 Å². The lowest BCUT2D eigenvalue weighted by molar-refractivity contribution is -0.180. The smallest absolute Gasteiger partial charge is 0.205 e. The Kier molecular flexibility index (Phi) is 8.55. The van der Waals surface area contributed by atoms with Gasteiger partial charge in [-0.1, -0.05) is 87.7 Å². The molecule has 1 aliphatic rings. The van der Waals surface area contributed by atoms with Gasteiger partial charge in [-0.25, -0.2) is 0 Å². The van der Waals surface area contributed by atoms with Gasteiger partial charge in [-0.05, 0) is 67.3 Å². The van der Waals surface area contributed by atoms with E-state index in [1.54, 1.807) is 0 Å². The van der Waals surface area contributed by atoms with Crippen LogP contribution in [0.1, 0.15) is 63.6 Å². The molecule has 0 bridgehead atoms. The Hall–Kier alpha value is -3.25. The fourth-order valence-electron chi connectivity index (χ4n) is 5.12. The summed E-state index contributed by atoms with van der Waals surface area (Å²) in [6, 6.07) is 31.4. The van der Waals surface area contributed by atoms with Crippen molar-refractivity contribution in [1.29, 1.82) is 0 Å². The predicted octanol–water partition coefficient (Wildman–Crippen LogP) is 8.23. The number of ether oxygens (including phenoxy) is 2. The summed E-state index contributed by atoms with van der Waals surface area (Å²) in [7, 11) is 0. The normalized spacial score (nSPS) is 14.2. The summed E-state index contributed by atoms with van der Waals surface area (Å²) in [4.78, 5) is 16.2. The van der Waals surface area contributed by atoms with E-state index in [4.69, 9.17) is 9.47 Å². The third kappa shape index (κ3) is 6.90. The van der Waals surface area contributed by atoms with Crippen molar-refractivity contribution in [2.45, 2.75) is 52.6 Å². The maximum absolute atomic E-state index is 13.9. The molecule has 5 rings (SSSR count). The number of hydrogen-bond donors (Lipinski definition) is 0. The molecule has 4 aromatic carbocycles. The largest absolute Gasteiger partial charge is 0.463 e. The molecular formula is C35H36BrNO3. The monoisotopic (exact) mass is 597 g/mol. The van der Waals surface area contributed by atoms with E-state index < -0.39 is 5.79 Å². The summed E-state index contributed by atoms with van der Waals surface area (Å²) in [5.74, 6) is 0.183. The van der Waals surface area contributed by atoms with Gasteiger partial charge in [-0.3, -0.25) is 9.69 Å². The molecule has 40 heavy (non-hydrogen) atoms. The second-order valence-electron chi connectivity index (χ2n) is 11.1. The molecule has 0 amide bonds. The van der Waals surface area contributed by atoms with Crippen molar-refractivity contribution in [3.63, 3.8) is 0 Å². The van der Waals surface area contributed by atoms with Crippen LogP contribution in [0.4, 0.5) is 0 Å². The van der Waals surface area contributed by atoms with Gasteiger partial charge >= 0.3 is 0 Å². The minimum atomic E-state index is -0.669. The molecule has 0 saturated carbocycles. The van der Waals surface area contributed by atoms with Gasteiger partial charge in [-0.15, -0.1) is 0 Å². The fraction of sp³-hybridized carbons (Fsp3) is 0.286. The van der Waals surface area contributed by atoms with E-state index in [-0.39, 0.29) is 18.4 Å². The number of aryl methyl sites for hydroxylation is 2. The first kappa shape index (κ1) is 28.3. The summed E-state index contributed by atoms with van der Waals surface area (Å²) in [6.07, 6.45) is 0.829. The number of ketones is 1.